The fraction of sp³-hybridized carbons (Fsp3) is 0.364. The Morgan fingerprint density at radius 2 is 2.16 bits per heavy atom. The van der Waals surface area contributed by atoms with Gasteiger partial charge in [0.2, 0.25) is 0 Å². The summed E-state index contributed by atoms with van der Waals surface area (Å²) in [6.45, 7) is 0.316. The maximum atomic E-state index is 11.8. The van der Waals surface area contributed by atoms with E-state index in [2.05, 4.69) is 4.98 Å². The van der Waals surface area contributed by atoms with E-state index in [9.17, 15) is 13.2 Å². The summed E-state index contributed by atoms with van der Waals surface area (Å²) in [5.74, 6) is 0.0832. The zero-order valence-corrected chi connectivity index (χ0v) is 11.1. The summed E-state index contributed by atoms with van der Waals surface area (Å²) in [4.78, 5) is 14.3. The highest BCUT2D eigenvalue weighted by Crippen LogP contribution is 2.23. The van der Waals surface area contributed by atoms with Gasteiger partial charge >= 0.3 is 15.8 Å². The van der Waals surface area contributed by atoms with Crippen molar-refractivity contribution in [3.63, 3.8) is 0 Å². The molecule has 0 amide bonds. The molecule has 2 N–H and O–H groups in total. The van der Waals surface area contributed by atoms with E-state index in [0.717, 1.165) is 6.26 Å². The van der Waals surface area contributed by atoms with Crippen LogP contribution in [0, 0.1) is 0 Å². The lowest BCUT2D eigenvalue weighted by atomic mass is 10.3. The Morgan fingerprint density at radius 1 is 1.42 bits per heavy atom. The minimum absolute atomic E-state index is 0.0291. The van der Waals surface area contributed by atoms with E-state index in [0.29, 0.717) is 24.0 Å². The molecular weight excluding hydrogens is 272 g/mol. The first-order chi connectivity index (χ1) is 8.92. The van der Waals surface area contributed by atoms with Gasteiger partial charge in [-0.25, -0.2) is 4.79 Å². The Kier molecular flexibility index (Phi) is 3.63. The average molecular weight is 286 g/mol. The van der Waals surface area contributed by atoms with E-state index < -0.39 is 10.1 Å². The number of aromatic amines is 1. The van der Waals surface area contributed by atoms with E-state index in [1.54, 1.807) is 12.1 Å². The number of benzene rings is 1. The molecule has 0 radical (unpaired) electrons. The lowest BCUT2D eigenvalue weighted by Crippen LogP contribution is -2.17. The number of aliphatic hydroxyl groups excluding tert-OH is 1. The number of hydrogen-bond donors (Lipinski definition) is 2. The van der Waals surface area contributed by atoms with E-state index in [1.165, 1.54) is 10.6 Å². The minimum Gasteiger partial charge on any atom is -0.396 e. The summed E-state index contributed by atoms with van der Waals surface area (Å²) < 4.78 is 28.6. The lowest BCUT2D eigenvalue weighted by Gasteiger charge is -2.05. The lowest BCUT2D eigenvalue weighted by molar-refractivity contribution is 0.280. The second-order valence-corrected chi connectivity index (χ2v) is 5.67. The van der Waals surface area contributed by atoms with Crippen LogP contribution in [0.4, 0.5) is 0 Å². The van der Waals surface area contributed by atoms with Crippen LogP contribution in [-0.4, -0.2) is 35.9 Å². The van der Waals surface area contributed by atoms with Gasteiger partial charge in [0.05, 0.1) is 11.8 Å². The molecule has 0 aliphatic carbocycles. The van der Waals surface area contributed by atoms with Crippen molar-refractivity contribution >= 4 is 21.2 Å². The van der Waals surface area contributed by atoms with Gasteiger partial charge in [-0.05, 0) is 18.6 Å². The number of hydrogen-bond acceptors (Lipinski definition) is 5. The molecule has 2 rings (SSSR count). The summed E-state index contributed by atoms with van der Waals surface area (Å²) in [6, 6.07) is 4.75. The summed E-state index contributed by atoms with van der Waals surface area (Å²) in [6.07, 6.45) is 1.37. The quantitative estimate of drug-likeness (QED) is 0.756. The molecule has 2 aromatic rings. The largest absolute Gasteiger partial charge is 0.396 e. The molecule has 0 spiro atoms. The van der Waals surface area contributed by atoms with Crippen LogP contribution in [0.25, 0.3) is 11.0 Å². The molecule has 0 bridgehead atoms. The first-order valence-corrected chi connectivity index (χ1v) is 7.46. The molecule has 104 valence electrons. The molecule has 0 atom stereocenters. The second-order valence-electron chi connectivity index (χ2n) is 4.10. The molecule has 8 heteroatoms. The third-order valence-electron chi connectivity index (χ3n) is 2.55. The number of fused-ring (bicyclic) bond motifs is 1. The summed E-state index contributed by atoms with van der Waals surface area (Å²) in [7, 11) is -3.66. The zero-order chi connectivity index (χ0) is 14.0. The fourth-order valence-corrected chi connectivity index (χ4v) is 2.30. The van der Waals surface area contributed by atoms with Gasteiger partial charge in [0, 0.05) is 13.2 Å². The van der Waals surface area contributed by atoms with Gasteiger partial charge in [0.15, 0.2) is 5.75 Å². The highest BCUT2D eigenvalue weighted by Gasteiger charge is 2.13. The average Bonchev–Trinajstić information content (AvgIpc) is 2.62. The number of rotatable bonds is 5. The van der Waals surface area contributed by atoms with E-state index in [1.807, 2.05) is 0 Å². The van der Waals surface area contributed by atoms with Crippen molar-refractivity contribution in [2.45, 2.75) is 13.0 Å². The van der Waals surface area contributed by atoms with Crippen LogP contribution < -0.4 is 9.87 Å². The highest BCUT2D eigenvalue weighted by atomic mass is 32.2. The second kappa shape index (κ2) is 5.06. The van der Waals surface area contributed by atoms with Crippen molar-refractivity contribution in [2.24, 2.45) is 0 Å². The first kappa shape index (κ1) is 13.6. The molecule has 19 heavy (non-hydrogen) atoms. The third kappa shape index (κ3) is 2.96. The van der Waals surface area contributed by atoms with Gasteiger partial charge < -0.3 is 14.3 Å². The van der Waals surface area contributed by atoms with Crippen LogP contribution in [0.5, 0.6) is 5.75 Å². The Morgan fingerprint density at radius 3 is 2.79 bits per heavy atom. The molecule has 1 aromatic carbocycles. The smallest absolute Gasteiger partial charge is 0.326 e. The zero-order valence-electron chi connectivity index (χ0n) is 10.3. The Bertz CT molecular complexity index is 744. The monoisotopic (exact) mass is 286 g/mol. The summed E-state index contributed by atoms with van der Waals surface area (Å²) >= 11 is 0. The van der Waals surface area contributed by atoms with Gasteiger partial charge in [-0.2, -0.15) is 8.42 Å². The summed E-state index contributed by atoms with van der Waals surface area (Å²) in [5, 5.41) is 8.81. The Hall–Kier alpha value is -1.80. The number of para-hydroxylation sites is 1. The topological polar surface area (TPSA) is 101 Å². The molecule has 0 saturated carbocycles. The number of aliphatic hydroxyl groups is 1. The maximum absolute atomic E-state index is 11.8. The van der Waals surface area contributed by atoms with Gasteiger partial charge in [0.25, 0.3) is 0 Å². The maximum Gasteiger partial charge on any atom is 0.326 e. The SMILES string of the molecule is CS(=O)(=O)Oc1cccc2c1[nH]c(=O)n2CCCO. The van der Waals surface area contributed by atoms with Crippen LogP contribution in [0.3, 0.4) is 0 Å². The molecule has 0 saturated heterocycles. The van der Waals surface area contributed by atoms with Crippen LogP contribution in [0.2, 0.25) is 0 Å². The molecule has 7 nitrogen and oxygen atoms in total. The van der Waals surface area contributed by atoms with Gasteiger partial charge in [-0.15, -0.1) is 0 Å². The number of aromatic nitrogens is 2. The molecular formula is C11H14N2O5S. The number of nitrogens with zero attached hydrogens (tertiary/aromatic N) is 1. The fourth-order valence-electron chi connectivity index (χ4n) is 1.84. The van der Waals surface area contributed by atoms with Crippen molar-refractivity contribution in [3.8, 4) is 5.75 Å². The molecule has 0 unspecified atom stereocenters. The van der Waals surface area contributed by atoms with E-state index >= 15 is 0 Å². The predicted octanol–water partition coefficient (Wildman–Crippen LogP) is 0.0504. The van der Waals surface area contributed by atoms with Crippen LogP contribution >= 0.6 is 0 Å². The van der Waals surface area contributed by atoms with Crippen molar-refractivity contribution in [3.05, 3.63) is 28.7 Å². The molecule has 0 fully saturated rings. The highest BCUT2D eigenvalue weighted by molar-refractivity contribution is 7.86. The van der Waals surface area contributed by atoms with Crippen LogP contribution in [0.1, 0.15) is 6.42 Å². The molecule has 1 heterocycles. The third-order valence-corrected chi connectivity index (χ3v) is 3.04. The number of imidazole rings is 1. The predicted molar refractivity (Wildman–Crippen MR) is 69.7 cm³/mol. The number of aryl methyl sites for hydroxylation is 1. The van der Waals surface area contributed by atoms with Crippen LogP contribution in [0.15, 0.2) is 23.0 Å². The number of nitrogens with one attached hydrogen (secondary N) is 1. The van der Waals surface area contributed by atoms with Crippen LogP contribution in [-0.2, 0) is 16.7 Å². The Labute approximate surface area is 109 Å². The van der Waals surface area contributed by atoms with Gasteiger partial charge in [-0.1, -0.05) is 6.07 Å². The van der Waals surface area contributed by atoms with Gasteiger partial charge in [0.1, 0.15) is 5.52 Å². The van der Waals surface area contributed by atoms with Crippen molar-refractivity contribution in [1.82, 2.24) is 9.55 Å². The minimum atomic E-state index is -3.66. The normalized spacial score (nSPS) is 11.9. The van der Waals surface area contributed by atoms with Crippen molar-refractivity contribution in [1.29, 1.82) is 0 Å². The van der Waals surface area contributed by atoms with Gasteiger partial charge in [-0.3, -0.25) is 4.57 Å². The molecule has 1 aromatic heterocycles. The van der Waals surface area contributed by atoms with E-state index in [-0.39, 0.29) is 18.0 Å². The molecule has 0 aliphatic rings. The van der Waals surface area contributed by atoms with Crippen molar-refractivity contribution < 1.29 is 17.7 Å². The standard InChI is InChI=1S/C11H14N2O5S/c1-19(16,17)18-9-5-2-4-8-10(9)12-11(15)13(8)6-3-7-14/h2,4-5,14H,3,6-7H2,1H3,(H,12,15). The Balaban J connectivity index is 2.55. The molecule has 0 aliphatic heterocycles. The van der Waals surface area contributed by atoms with Crippen molar-refractivity contribution in [2.75, 3.05) is 12.9 Å². The summed E-state index contributed by atoms with van der Waals surface area (Å²) in [5.41, 5.74) is 0.503. The van der Waals surface area contributed by atoms with E-state index in [4.69, 9.17) is 9.29 Å². The first-order valence-electron chi connectivity index (χ1n) is 5.64. The number of H-pyrrole nitrogens is 1.